The Morgan fingerprint density at radius 1 is 0.865 bits per heavy atom. The molecule has 1 unspecified atom stereocenters. The molecule has 4 aromatic heterocycles. The van der Waals surface area contributed by atoms with Crippen molar-refractivity contribution in [2.24, 2.45) is 0 Å². The van der Waals surface area contributed by atoms with E-state index in [0.29, 0.717) is 22.5 Å². The van der Waals surface area contributed by atoms with Crippen molar-refractivity contribution in [3.8, 4) is 16.8 Å². The number of aromatic nitrogens is 6. The van der Waals surface area contributed by atoms with Crippen LogP contribution < -0.4 is 10.9 Å². The van der Waals surface area contributed by atoms with Crippen molar-refractivity contribution in [3.05, 3.63) is 114 Å². The van der Waals surface area contributed by atoms with Gasteiger partial charge in [-0.3, -0.25) is 14.3 Å². The Balaban J connectivity index is 1.56. The largest absolute Gasteiger partial charge is 0.360 e. The van der Waals surface area contributed by atoms with E-state index >= 15 is 0 Å². The molecule has 8 heteroatoms. The Hall–Kier alpha value is -4.98. The number of hydrogen-bond acceptors (Lipinski definition) is 7. The third kappa shape index (κ3) is 4.08. The molecular weight excluding hydrogens is 462 g/mol. The molecule has 8 nitrogen and oxygen atoms in total. The first-order valence-corrected chi connectivity index (χ1v) is 12.0. The van der Waals surface area contributed by atoms with Crippen LogP contribution in [-0.2, 0) is 0 Å². The summed E-state index contributed by atoms with van der Waals surface area (Å²) < 4.78 is 1.76. The van der Waals surface area contributed by atoms with Gasteiger partial charge in [-0.25, -0.2) is 19.9 Å². The molecule has 180 valence electrons. The van der Waals surface area contributed by atoms with Gasteiger partial charge < -0.3 is 5.32 Å². The summed E-state index contributed by atoms with van der Waals surface area (Å²) in [5.41, 5.74) is 4.47. The van der Waals surface area contributed by atoms with E-state index in [4.69, 9.17) is 0 Å². The molecule has 0 saturated carbocycles. The number of para-hydroxylation sites is 1. The van der Waals surface area contributed by atoms with Crippen LogP contribution in [0, 0.1) is 6.92 Å². The third-order valence-corrected chi connectivity index (χ3v) is 6.37. The molecule has 2 aromatic carbocycles. The van der Waals surface area contributed by atoms with Crippen molar-refractivity contribution in [2.45, 2.75) is 19.9 Å². The fourth-order valence-corrected chi connectivity index (χ4v) is 4.59. The predicted octanol–water partition coefficient (Wildman–Crippen LogP) is 5.27. The average molecular weight is 486 g/mol. The average Bonchev–Trinajstić information content (AvgIpc) is 2.94. The van der Waals surface area contributed by atoms with Gasteiger partial charge in [-0.1, -0.05) is 36.4 Å². The van der Waals surface area contributed by atoms with Crippen LogP contribution in [0.5, 0.6) is 0 Å². The standard InChI is InChI=1S/C29H23N7O/c1-18(35-28-27-24(33-17-34-28)12-7-13-30-27)25-14-20-8-6-11-23(21-15-31-19(2)32-16-21)26(20)29(37)36(25)22-9-4-3-5-10-22/h3-18H,1-2H3,(H,33,34,35). The number of nitrogens with zero attached hydrogens (tertiary/aromatic N) is 6. The highest BCUT2D eigenvalue weighted by Crippen LogP contribution is 2.30. The van der Waals surface area contributed by atoms with E-state index in [1.54, 1.807) is 23.2 Å². The first-order valence-electron chi connectivity index (χ1n) is 12.0. The Kier molecular flexibility index (Phi) is 5.61. The van der Waals surface area contributed by atoms with E-state index in [1.807, 2.05) is 74.5 Å². The summed E-state index contributed by atoms with van der Waals surface area (Å²) in [6, 6.07) is 21.0. The Morgan fingerprint density at radius 2 is 1.68 bits per heavy atom. The van der Waals surface area contributed by atoms with Crippen molar-refractivity contribution >= 4 is 27.6 Å². The van der Waals surface area contributed by atoms with Gasteiger partial charge >= 0.3 is 0 Å². The molecule has 0 aliphatic carbocycles. The molecule has 0 amide bonds. The van der Waals surface area contributed by atoms with Crippen LogP contribution in [0.4, 0.5) is 5.82 Å². The number of fused-ring (bicyclic) bond motifs is 2. The molecular formula is C29H23N7O. The fourth-order valence-electron chi connectivity index (χ4n) is 4.59. The topological polar surface area (TPSA) is 98.5 Å². The van der Waals surface area contributed by atoms with Crippen LogP contribution in [0.25, 0.3) is 38.6 Å². The van der Waals surface area contributed by atoms with Gasteiger partial charge in [0.2, 0.25) is 0 Å². The van der Waals surface area contributed by atoms with Crippen molar-refractivity contribution in [2.75, 3.05) is 5.32 Å². The molecule has 1 atom stereocenters. The zero-order valence-corrected chi connectivity index (χ0v) is 20.3. The second-order valence-electron chi connectivity index (χ2n) is 8.79. The normalized spacial score (nSPS) is 12.1. The highest BCUT2D eigenvalue weighted by molar-refractivity contribution is 5.96. The first kappa shape index (κ1) is 22.5. The van der Waals surface area contributed by atoms with Crippen LogP contribution in [0.15, 0.2) is 96.4 Å². The number of nitrogens with one attached hydrogen (secondary N) is 1. The van der Waals surface area contributed by atoms with Crippen LogP contribution >= 0.6 is 0 Å². The van der Waals surface area contributed by atoms with E-state index in [2.05, 4.69) is 36.3 Å². The molecule has 0 radical (unpaired) electrons. The number of hydrogen-bond donors (Lipinski definition) is 1. The van der Waals surface area contributed by atoms with Gasteiger partial charge in [-0.05, 0) is 55.1 Å². The quantitative estimate of drug-likeness (QED) is 0.355. The zero-order chi connectivity index (χ0) is 25.4. The molecule has 4 heterocycles. The second kappa shape index (κ2) is 9.23. The summed E-state index contributed by atoms with van der Waals surface area (Å²) >= 11 is 0. The zero-order valence-electron chi connectivity index (χ0n) is 20.3. The number of pyridine rings is 2. The molecule has 0 spiro atoms. The van der Waals surface area contributed by atoms with E-state index in [1.165, 1.54) is 6.33 Å². The molecule has 6 rings (SSSR count). The summed E-state index contributed by atoms with van der Waals surface area (Å²) in [6.07, 6.45) is 6.75. The lowest BCUT2D eigenvalue weighted by Gasteiger charge is -2.22. The molecule has 0 bridgehead atoms. The second-order valence-corrected chi connectivity index (χ2v) is 8.79. The number of benzene rings is 2. The van der Waals surface area contributed by atoms with Crippen molar-refractivity contribution in [1.82, 2.24) is 29.5 Å². The van der Waals surface area contributed by atoms with Crippen LogP contribution in [-0.4, -0.2) is 29.5 Å². The van der Waals surface area contributed by atoms with Gasteiger partial charge in [0.1, 0.15) is 17.7 Å². The molecule has 0 aliphatic heterocycles. The highest BCUT2D eigenvalue weighted by atomic mass is 16.1. The van der Waals surface area contributed by atoms with Crippen LogP contribution in [0.2, 0.25) is 0 Å². The van der Waals surface area contributed by atoms with E-state index < -0.39 is 0 Å². The Morgan fingerprint density at radius 3 is 2.49 bits per heavy atom. The summed E-state index contributed by atoms with van der Waals surface area (Å²) in [6.45, 7) is 3.85. The van der Waals surface area contributed by atoms with Gasteiger partial charge in [0, 0.05) is 35.5 Å². The van der Waals surface area contributed by atoms with Crippen molar-refractivity contribution < 1.29 is 0 Å². The monoisotopic (exact) mass is 485 g/mol. The maximum absolute atomic E-state index is 14.2. The predicted molar refractivity (Wildman–Crippen MR) is 145 cm³/mol. The third-order valence-electron chi connectivity index (χ3n) is 6.37. The molecule has 0 aliphatic rings. The Labute approximate surface area is 212 Å². The van der Waals surface area contributed by atoms with E-state index in [0.717, 1.165) is 33.4 Å². The molecule has 0 fully saturated rings. The summed E-state index contributed by atoms with van der Waals surface area (Å²) in [5.74, 6) is 1.29. The van der Waals surface area contributed by atoms with Gasteiger partial charge in [0.15, 0.2) is 5.82 Å². The molecule has 6 aromatic rings. The lowest BCUT2D eigenvalue weighted by molar-refractivity contribution is 0.774. The van der Waals surface area contributed by atoms with E-state index in [9.17, 15) is 4.79 Å². The Bertz CT molecular complexity index is 1790. The summed E-state index contributed by atoms with van der Waals surface area (Å²) in [7, 11) is 0. The smallest absolute Gasteiger partial charge is 0.263 e. The van der Waals surface area contributed by atoms with Gasteiger partial charge in [-0.15, -0.1) is 0 Å². The number of anilines is 1. The first-order chi connectivity index (χ1) is 18.1. The highest BCUT2D eigenvalue weighted by Gasteiger charge is 2.20. The number of rotatable bonds is 5. The lowest BCUT2D eigenvalue weighted by atomic mass is 9.99. The van der Waals surface area contributed by atoms with E-state index in [-0.39, 0.29) is 11.6 Å². The van der Waals surface area contributed by atoms with Gasteiger partial charge in [0.05, 0.1) is 16.9 Å². The molecule has 1 N–H and O–H groups in total. The van der Waals surface area contributed by atoms with Crippen molar-refractivity contribution in [3.63, 3.8) is 0 Å². The maximum Gasteiger partial charge on any atom is 0.263 e. The van der Waals surface area contributed by atoms with Gasteiger partial charge in [-0.2, -0.15) is 0 Å². The summed E-state index contributed by atoms with van der Waals surface area (Å²) in [4.78, 5) is 36.1. The fraction of sp³-hybridized carbons (Fsp3) is 0.103. The maximum atomic E-state index is 14.2. The minimum Gasteiger partial charge on any atom is -0.360 e. The summed E-state index contributed by atoms with van der Waals surface area (Å²) in [5, 5.41) is 4.91. The van der Waals surface area contributed by atoms with Crippen LogP contribution in [0.3, 0.4) is 0 Å². The lowest BCUT2D eigenvalue weighted by Crippen LogP contribution is -2.26. The minimum atomic E-state index is -0.274. The minimum absolute atomic E-state index is 0.116. The molecule has 0 saturated heterocycles. The molecule has 37 heavy (non-hydrogen) atoms. The van der Waals surface area contributed by atoms with Gasteiger partial charge in [0.25, 0.3) is 5.56 Å². The van der Waals surface area contributed by atoms with Crippen molar-refractivity contribution in [1.29, 1.82) is 0 Å². The van der Waals surface area contributed by atoms with Crippen LogP contribution in [0.1, 0.15) is 24.5 Å². The SMILES string of the molecule is Cc1ncc(-c2cccc3cc(C(C)Nc4ncnc5cccnc45)n(-c4ccccc4)c(=O)c23)cn1. The number of aryl methyl sites for hydroxylation is 1.